The van der Waals surface area contributed by atoms with Crippen LogP contribution < -0.4 is 9.64 Å². The molecule has 1 saturated heterocycles. The van der Waals surface area contributed by atoms with Crippen LogP contribution in [-0.4, -0.2) is 52.9 Å². The van der Waals surface area contributed by atoms with Crippen molar-refractivity contribution in [2.75, 3.05) is 18.1 Å². The van der Waals surface area contributed by atoms with Crippen LogP contribution in [0.3, 0.4) is 0 Å². The van der Waals surface area contributed by atoms with Crippen molar-refractivity contribution in [3.8, 4) is 5.75 Å². The van der Waals surface area contributed by atoms with E-state index in [4.69, 9.17) is 9.84 Å². The topological polar surface area (TPSA) is 104 Å². The molecule has 1 fully saturated rings. The minimum Gasteiger partial charge on any atom is -0.494 e. The summed E-state index contributed by atoms with van der Waals surface area (Å²) in [5.74, 6) is -2.20. The van der Waals surface area contributed by atoms with Crippen molar-refractivity contribution in [3.05, 3.63) is 72.3 Å². The summed E-state index contributed by atoms with van der Waals surface area (Å²) in [6, 6.07) is 15.1. The number of ether oxygens (including phenoxy) is 1. The molecule has 178 valence electrons. The molecule has 1 aliphatic rings. The highest BCUT2D eigenvalue weighted by Crippen LogP contribution is 2.28. The molecule has 2 aromatic carbocycles. The molecule has 0 radical (unpaired) electrons. The van der Waals surface area contributed by atoms with Gasteiger partial charge in [-0.25, -0.2) is 9.69 Å². The van der Waals surface area contributed by atoms with E-state index in [-0.39, 0.29) is 13.0 Å². The zero-order valence-electron chi connectivity index (χ0n) is 19.1. The van der Waals surface area contributed by atoms with Gasteiger partial charge in [-0.15, -0.1) is 0 Å². The molecule has 0 aromatic heterocycles. The Kier molecular flexibility index (Phi) is 8.56. The number of carboxylic acid groups (broad SMARTS) is 1. The number of carbonyl (C=O) groups excluding carboxylic acids is 3. The highest BCUT2D eigenvalue weighted by molar-refractivity contribution is 6.23. The Balaban J connectivity index is 1.78. The second kappa shape index (κ2) is 11.8. The molecule has 0 saturated carbocycles. The first-order valence-electron chi connectivity index (χ1n) is 11.3. The Morgan fingerprint density at radius 1 is 1.09 bits per heavy atom. The Hall–Kier alpha value is -3.94. The second-order valence-corrected chi connectivity index (χ2v) is 7.92. The van der Waals surface area contributed by atoms with E-state index in [1.807, 2.05) is 30.3 Å². The maximum Gasteiger partial charge on any atom is 0.328 e. The molecule has 3 amide bonds. The van der Waals surface area contributed by atoms with E-state index in [0.29, 0.717) is 24.5 Å². The largest absolute Gasteiger partial charge is 0.494 e. The normalized spacial score (nSPS) is 15.7. The van der Waals surface area contributed by atoms with Crippen LogP contribution in [0.15, 0.2) is 66.7 Å². The summed E-state index contributed by atoms with van der Waals surface area (Å²) in [6.07, 6.45) is 3.86. The van der Waals surface area contributed by atoms with Crippen LogP contribution >= 0.6 is 0 Å². The smallest absolute Gasteiger partial charge is 0.328 e. The van der Waals surface area contributed by atoms with E-state index in [1.54, 1.807) is 24.3 Å². The van der Waals surface area contributed by atoms with Crippen molar-refractivity contribution in [2.45, 2.75) is 38.6 Å². The van der Waals surface area contributed by atoms with Gasteiger partial charge in [-0.3, -0.25) is 14.4 Å². The Morgan fingerprint density at radius 3 is 2.44 bits per heavy atom. The number of unbranched alkanes of at least 4 members (excludes halogenated alkanes) is 1. The van der Waals surface area contributed by atoms with Gasteiger partial charge >= 0.3 is 5.97 Å². The number of nitrogens with zero attached hydrogens (tertiary/aromatic N) is 2. The minimum atomic E-state index is -1.27. The van der Waals surface area contributed by atoms with Crippen LogP contribution in [0.5, 0.6) is 5.75 Å². The highest BCUT2D eigenvalue weighted by Gasteiger charge is 2.43. The molecular formula is C26H28N2O6. The van der Waals surface area contributed by atoms with E-state index in [1.165, 1.54) is 4.90 Å². The van der Waals surface area contributed by atoms with Gasteiger partial charge in [0.2, 0.25) is 11.8 Å². The van der Waals surface area contributed by atoms with Gasteiger partial charge in [0.25, 0.3) is 5.91 Å². The molecule has 0 aliphatic carbocycles. The van der Waals surface area contributed by atoms with Gasteiger partial charge in [0.15, 0.2) is 0 Å². The predicted molar refractivity (Wildman–Crippen MR) is 126 cm³/mol. The summed E-state index contributed by atoms with van der Waals surface area (Å²) in [7, 11) is 0. The monoisotopic (exact) mass is 464 g/mol. The molecular weight excluding hydrogens is 436 g/mol. The Morgan fingerprint density at radius 2 is 1.79 bits per heavy atom. The number of amides is 3. The quantitative estimate of drug-likeness (QED) is 0.311. The van der Waals surface area contributed by atoms with Crippen molar-refractivity contribution in [1.29, 1.82) is 0 Å². The molecule has 0 bridgehead atoms. The van der Waals surface area contributed by atoms with Crippen LogP contribution in [0.2, 0.25) is 0 Å². The fourth-order valence-electron chi connectivity index (χ4n) is 3.71. The average Bonchev–Trinajstić information content (AvgIpc) is 3.12. The van der Waals surface area contributed by atoms with Gasteiger partial charge in [0, 0.05) is 18.7 Å². The first-order chi connectivity index (χ1) is 16.4. The van der Waals surface area contributed by atoms with Crippen molar-refractivity contribution in [2.24, 2.45) is 0 Å². The lowest BCUT2D eigenvalue weighted by Gasteiger charge is -2.26. The van der Waals surface area contributed by atoms with Gasteiger partial charge in [0.1, 0.15) is 11.8 Å². The SMILES string of the molecule is CCCCOc1ccc(N2C(=O)C[C@@H](N(CCc3ccccc3)C(=O)/C=C/C(=O)O)C2=O)cc1. The van der Waals surface area contributed by atoms with Crippen LogP contribution in [-0.2, 0) is 25.6 Å². The fraction of sp³-hybridized carbons (Fsp3) is 0.308. The molecule has 0 unspecified atom stereocenters. The average molecular weight is 465 g/mol. The number of aliphatic carboxylic acids is 1. The highest BCUT2D eigenvalue weighted by atomic mass is 16.5. The van der Waals surface area contributed by atoms with E-state index in [9.17, 15) is 19.2 Å². The zero-order valence-corrected chi connectivity index (χ0v) is 19.1. The molecule has 8 nitrogen and oxygen atoms in total. The lowest BCUT2D eigenvalue weighted by Crippen LogP contribution is -2.45. The summed E-state index contributed by atoms with van der Waals surface area (Å²) in [6.45, 7) is 2.81. The van der Waals surface area contributed by atoms with Gasteiger partial charge in [-0.1, -0.05) is 43.7 Å². The first kappa shape index (κ1) is 24.7. The maximum absolute atomic E-state index is 13.2. The molecule has 2 aromatic rings. The summed E-state index contributed by atoms with van der Waals surface area (Å²) < 4.78 is 5.63. The fourth-order valence-corrected chi connectivity index (χ4v) is 3.71. The Labute approximate surface area is 198 Å². The van der Waals surface area contributed by atoms with Crippen LogP contribution in [0.25, 0.3) is 0 Å². The number of imide groups is 1. The molecule has 8 heteroatoms. The van der Waals surface area contributed by atoms with Gasteiger partial charge in [-0.05, 0) is 42.7 Å². The van der Waals surface area contributed by atoms with Crippen LogP contribution in [0.4, 0.5) is 5.69 Å². The minimum absolute atomic E-state index is 0.161. The van der Waals surface area contributed by atoms with Gasteiger partial charge in [0.05, 0.1) is 18.7 Å². The van der Waals surface area contributed by atoms with Crippen molar-refractivity contribution >= 4 is 29.4 Å². The number of hydrogen-bond donors (Lipinski definition) is 1. The summed E-state index contributed by atoms with van der Waals surface area (Å²) >= 11 is 0. The number of carbonyl (C=O) groups is 4. The zero-order chi connectivity index (χ0) is 24.5. The van der Waals surface area contributed by atoms with Crippen LogP contribution in [0.1, 0.15) is 31.7 Å². The number of carboxylic acids is 1. The number of benzene rings is 2. The van der Waals surface area contributed by atoms with Gasteiger partial charge in [-0.2, -0.15) is 0 Å². The number of hydrogen-bond acceptors (Lipinski definition) is 5. The van der Waals surface area contributed by atoms with Crippen LogP contribution in [0, 0.1) is 0 Å². The lowest BCUT2D eigenvalue weighted by atomic mass is 10.1. The molecule has 0 spiro atoms. The lowest BCUT2D eigenvalue weighted by molar-refractivity contribution is -0.135. The summed E-state index contributed by atoms with van der Waals surface area (Å²) in [4.78, 5) is 52.1. The molecule has 1 N–H and O–H groups in total. The molecule has 34 heavy (non-hydrogen) atoms. The van der Waals surface area contributed by atoms with Gasteiger partial charge < -0.3 is 14.7 Å². The summed E-state index contributed by atoms with van der Waals surface area (Å²) in [5.41, 5.74) is 1.35. The standard InChI is InChI=1S/C26H28N2O6/c1-2-3-17-34-21-11-9-20(10-12-21)28-24(30)18-22(26(28)33)27(23(29)13-14-25(31)32)16-15-19-7-5-4-6-8-19/h4-14,22H,2-3,15-18H2,1H3,(H,31,32)/b14-13+/t22-/m1/s1. The van der Waals surface area contributed by atoms with E-state index >= 15 is 0 Å². The molecule has 1 heterocycles. The van der Waals surface area contributed by atoms with E-state index in [0.717, 1.165) is 35.5 Å². The summed E-state index contributed by atoms with van der Waals surface area (Å²) in [5, 5.41) is 8.90. The van der Waals surface area contributed by atoms with E-state index < -0.39 is 29.7 Å². The predicted octanol–water partition coefficient (Wildman–Crippen LogP) is 3.21. The third-order valence-electron chi connectivity index (χ3n) is 5.50. The van der Waals surface area contributed by atoms with Crippen molar-refractivity contribution in [1.82, 2.24) is 4.90 Å². The second-order valence-electron chi connectivity index (χ2n) is 7.92. The third-order valence-corrected chi connectivity index (χ3v) is 5.50. The van der Waals surface area contributed by atoms with Crippen molar-refractivity contribution in [3.63, 3.8) is 0 Å². The number of anilines is 1. The number of rotatable bonds is 11. The van der Waals surface area contributed by atoms with Crippen molar-refractivity contribution < 1.29 is 29.0 Å². The molecule has 1 aliphatic heterocycles. The van der Waals surface area contributed by atoms with E-state index in [2.05, 4.69) is 6.92 Å². The maximum atomic E-state index is 13.2. The molecule has 3 rings (SSSR count). The first-order valence-corrected chi connectivity index (χ1v) is 11.3. The Bertz CT molecular complexity index is 1050. The molecule has 1 atom stereocenters. The third kappa shape index (κ3) is 6.31.